The highest BCUT2D eigenvalue weighted by Gasteiger charge is 2.34. The van der Waals surface area contributed by atoms with E-state index in [0.29, 0.717) is 0 Å². The lowest BCUT2D eigenvalue weighted by Gasteiger charge is -2.14. The number of hydrogen-bond acceptors (Lipinski definition) is 4. The number of methoxy groups -OCH3 is 1. The number of rotatable bonds is 3. The minimum atomic E-state index is -4.63. The maximum Gasteiger partial charge on any atom is 0.418 e. The summed E-state index contributed by atoms with van der Waals surface area (Å²) in [6.07, 6.45) is -3.55. The molecule has 0 saturated heterocycles. The third kappa shape index (κ3) is 2.87. The molecule has 0 bridgehead atoms. The van der Waals surface area contributed by atoms with Crippen LogP contribution in [0.1, 0.15) is 16.2 Å². The molecule has 106 valence electrons. The van der Waals surface area contributed by atoms with Crippen LogP contribution in [0.4, 0.5) is 18.9 Å². The van der Waals surface area contributed by atoms with Gasteiger partial charge in [-0.2, -0.15) is 18.3 Å². The molecule has 6 nitrogen and oxygen atoms in total. The van der Waals surface area contributed by atoms with E-state index in [1.54, 1.807) is 0 Å². The molecular weight excluding hydrogens is 277 g/mol. The number of halogens is 3. The van der Waals surface area contributed by atoms with Crippen LogP contribution in [0.25, 0.3) is 0 Å². The van der Waals surface area contributed by atoms with E-state index < -0.39 is 17.6 Å². The molecule has 2 rings (SSSR count). The summed E-state index contributed by atoms with van der Waals surface area (Å²) in [6, 6.07) is 3.22. The molecule has 2 aromatic rings. The summed E-state index contributed by atoms with van der Waals surface area (Å²) in [5.41, 5.74) is -1.40. The Kier molecular flexibility index (Phi) is 3.59. The Morgan fingerprint density at radius 1 is 1.40 bits per heavy atom. The van der Waals surface area contributed by atoms with Crippen LogP contribution in [0.15, 0.2) is 24.5 Å². The van der Waals surface area contributed by atoms with Gasteiger partial charge in [-0.1, -0.05) is 0 Å². The number of amides is 1. The fraction of sp³-hybridized carbons (Fsp3) is 0.182. The van der Waals surface area contributed by atoms with Gasteiger partial charge in [-0.05, 0) is 18.2 Å². The first-order valence-electron chi connectivity index (χ1n) is 5.34. The summed E-state index contributed by atoms with van der Waals surface area (Å²) >= 11 is 0. The van der Waals surface area contributed by atoms with Gasteiger partial charge in [0.1, 0.15) is 12.1 Å². The largest absolute Gasteiger partial charge is 0.497 e. The second kappa shape index (κ2) is 5.19. The van der Waals surface area contributed by atoms with E-state index in [9.17, 15) is 18.0 Å². The van der Waals surface area contributed by atoms with Crippen molar-refractivity contribution < 1.29 is 22.7 Å². The third-order valence-corrected chi connectivity index (χ3v) is 2.41. The first-order valence-corrected chi connectivity index (χ1v) is 5.34. The molecule has 0 fully saturated rings. The molecule has 2 N–H and O–H groups in total. The quantitative estimate of drug-likeness (QED) is 0.905. The number of hydrogen-bond donors (Lipinski definition) is 2. The van der Waals surface area contributed by atoms with Crippen molar-refractivity contribution in [3.05, 3.63) is 35.9 Å². The van der Waals surface area contributed by atoms with Crippen molar-refractivity contribution in [1.82, 2.24) is 15.2 Å². The van der Waals surface area contributed by atoms with Crippen molar-refractivity contribution in [3.8, 4) is 5.75 Å². The summed E-state index contributed by atoms with van der Waals surface area (Å²) < 4.78 is 43.5. The van der Waals surface area contributed by atoms with Crippen LogP contribution in [0.5, 0.6) is 5.75 Å². The number of nitrogens with one attached hydrogen (secondary N) is 2. The summed E-state index contributed by atoms with van der Waals surface area (Å²) in [7, 11) is 1.25. The summed E-state index contributed by atoms with van der Waals surface area (Å²) in [5, 5.41) is 7.83. The number of anilines is 1. The topological polar surface area (TPSA) is 79.9 Å². The van der Waals surface area contributed by atoms with Gasteiger partial charge in [0.05, 0.1) is 18.4 Å². The zero-order valence-corrected chi connectivity index (χ0v) is 10.2. The van der Waals surface area contributed by atoms with Crippen molar-refractivity contribution >= 4 is 11.6 Å². The predicted molar refractivity (Wildman–Crippen MR) is 62.3 cm³/mol. The van der Waals surface area contributed by atoms with E-state index in [0.717, 1.165) is 18.5 Å². The molecule has 0 radical (unpaired) electrons. The fourth-order valence-corrected chi connectivity index (χ4v) is 1.49. The molecule has 1 heterocycles. The Bertz CT molecular complexity index is 611. The summed E-state index contributed by atoms with van der Waals surface area (Å²) in [6.45, 7) is 0. The lowest BCUT2D eigenvalue weighted by Crippen LogP contribution is -2.18. The van der Waals surface area contributed by atoms with Gasteiger partial charge in [-0.3, -0.25) is 9.89 Å². The van der Waals surface area contributed by atoms with E-state index in [4.69, 9.17) is 4.74 Å². The summed E-state index contributed by atoms with van der Waals surface area (Å²) in [5.74, 6) is -0.970. The average molecular weight is 286 g/mol. The van der Waals surface area contributed by atoms with Gasteiger partial charge in [-0.15, -0.1) is 0 Å². The molecule has 0 unspecified atom stereocenters. The van der Waals surface area contributed by atoms with E-state index in [-0.39, 0.29) is 17.3 Å². The second-order valence-corrected chi connectivity index (χ2v) is 3.70. The minimum Gasteiger partial charge on any atom is -0.497 e. The number of ether oxygens (including phenoxy) is 1. The molecule has 0 aliphatic heterocycles. The SMILES string of the molecule is COc1ccc(NC(=O)c2ncn[nH]2)c(C(F)(F)F)c1. The van der Waals surface area contributed by atoms with Crippen LogP contribution in [-0.2, 0) is 6.18 Å². The monoisotopic (exact) mass is 286 g/mol. The first-order chi connectivity index (χ1) is 9.41. The Labute approximate surface area is 111 Å². The normalized spacial score (nSPS) is 11.2. The van der Waals surface area contributed by atoms with Gasteiger partial charge in [-0.25, -0.2) is 4.98 Å². The molecular formula is C11H9F3N4O2. The number of H-pyrrole nitrogens is 1. The first kappa shape index (κ1) is 13.8. The highest BCUT2D eigenvalue weighted by Crippen LogP contribution is 2.37. The van der Waals surface area contributed by atoms with E-state index in [1.165, 1.54) is 13.2 Å². The van der Waals surface area contributed by atoms with Crippen LogP contribution < -0.4 is 10.1 Å². The Balaban J connectivity index is 2.34. The summed E-state index contributed by atoms with van der Waals surface area (Å²) in [4.78, 5) is 15.2. The van der Waals surface area contributed by atoms with Gasteiger partial charge >= 0.3 is 6.18 Å². The van der Waals surface area contributed by atoms with Crippen LogP contribution in [0.2, 0.25) is 0 Å². The van der Waals surface area contributed by atoms with Gasteiger partial charge in [0.15, 0.2) is 0 Å². The van der Waals surface area contributed by atoms with Crippen LogP contribution in [0.3, 0.4) is 0 Å². The second-order valence-electron chi connectivity index (χ2n) is 3.70. The lowest BCUT2D eigenvalue weighted by atomic mass is 10.1. The van der Waals surface area contributed by atoms with Gasteiger partial charge in [0.25, 0.3) is 5.91 Å². The third-order valence-electron chi connectivity index (χ3n) is 2.41. The molecule has 0 aliphatic rings. The molecule has 0 atom stereocenters. The zero-order valence-electron chi connectivity index (χ0n) is 10.2. The molecule has 1 aromatic carbocycles. The molecule has 0 saturated carbocycles. The minimum absolute atomic E-state index is 0.0370. The Morgan fingerprint density at radius 3 is 2.70 bits per heavy atom. The number of alkyl halides is 3. The average Bonchev–Trinajstić information content (AvgIpc) is 2.91. The zero-order chi connectivity index (χ0) is 14.8. The van der Waals surface area contributed by atoms with E-state index >= 15 is 0 Å². The highest BCUT2D eigenvalue weighted by atomic mass is 19.4. The molecule has 9 heteroatoms. The lowest BCUT2D eigenvalue weighted by molar-refractivity contribution is -0.137. The van der Waals surface area contributed by atoms with E-state index in [1.807, 2.05) is 0 Å². The number of aromatic nitrogens is 3. The predicted octanol–water partition coefficient (Wildman–Crippen LogP) is 2.08. The Morgan fingerprint density at radius 2 is 2.15 bits per heavy atom. The van der Waals surface area contributed by atoms with Crippen molar-refractivity contribution in [1.29, 1.82) is 0 Å². The number of benzene rings is 1. The van der Waals surface area contributed by atoms with Crippen LogP contribution in [-0.4, -0.2) is 28.2 Å². The maximum absolute atomic E-state index is 12.9. The van der Waals surface area contributed by atoms with Gasteiger partial charge < -0.3 is 10.1 Å². The van der Waals surface area contributed by atoms with Crippen molar-refractivity contribution in [3.63, 3.8) is 0 Å². The molecule has 0 spiro atoms. The van der Waals surface area contributed by atoms with Gasteiger partial charge in [0.2, 0.25) is 5.82 Å². The van der Waals surface area contributed by atoms with Crippen molar-refractivity contribution in [2.75, 3.05) is 12.4 Å². The highest BCUT2D eigenvalue weighted by molar-refractivity contribution is 6.02. The maximum atomic E-state index is 12.9. The number of nitrogens with zero attached hydrogens (tertiary/aromatic N) is 2. The molecule has 0 aliphatic carbocycles. The fourth-order valence-electron chi connectivity index (χ4n) is 1.49. The molecule has 1 aromatic heterocycles. The van der Waals surface area contributed by atoms with Crippen molar-refractivity contribution in [2.24, 2.45) is 0 Å². The number of carbonyl (C=O) groups excluding carboxylic acids is 1. The molecule has 20 heavy (non-hydrogen) atoms. The van der Waals surface area contributed by atoms with E-state index in [2.05, 4.69) is 20.5 Å². The Hall–Kier alpha value is -2.58. The van der Waals surface area contributed by atoms with Crippen LogP contribution in [0, 0.1) is 0 Å². The number of carbonyl (C=O) groups is 1. The van der Waals surface area contributed by atoms with Crippen molar-refractivity contribution in [2.45, 2.75) is 6.18 Å². The smallest absolute Gasteiger partial charge is 0.418 e. The molecule has 1 amide bonds. The standard InChI is InChI=1S/C11H9F3N4O2/c1-20-6-2-3-8(7(4-6)11(12,13)14)17-10(19)9-15-5-16-18-9/h2-5H,1H3,(H,17,19)(H,15,16,18). The van der Waals surface area contributed by atoms with Crippen LogP contribution >= 0.6 is 0 Å². The number of aromatic amines is 1. The van der Waals surface area contributed by atoms with Gasteiger partial charge in [0, 0.05) is 0 Å².